The smallest absolute Gasteiger partial charge is 0.151 e. The van der Waals surface area contributed by atoms with Gasteiger partial charge in [-0.25, -0.2) is 4.39 Å². The third kappa shape index (κ3) is 4.25. The second kappa shape index (κ2) is 6.16. The van der Waals surface area contributed by atoms with Crippen LogP contribution in [0.4, 0.5) is 4.39 Å². The zero-order chi connectivity index (χ0) is 10.3. The molecule has 0 unspecified atom stereocenters. The number of allylic oxidation sites excluding steroid dienone is 6. The molecule has 0 spiro atoms. The van der Waals surface area contributed by atoms with Crippen molar-refractivity contribution in [1.82, 2.24) is 0 Å². The Labute approximate surface area is 84.4 Å². The van der Waals surface area contributed by atoms with Gasteiger partial charge in [0.05, 0.1) is 17.7 Å². The Morgan fingerprint density at radius 3 is 2.46 bits per heavy atom. The molecule has 0 radical (unpaired) electrons. The number of nitriles is 2. The van der Waals surface area contributed by atoms with Crippen LogP contribution < -0.4 is 0 Å². The molecule has 0 heterocycles. The highest BCUT2D eigenvalue weighted by Gasteiger charge is 2.02. The molecule has 0 N–H and O–H groups in total. The largest absolute Gasteiger partial charge is 0.205 e. The minimum Gasteiger partial charge on any atom is -0.205 e. The molecule has 0 aliphatic carbocycles. The molecule has 0 aromatic heterocycles. The van der Waals surface area contributed by atoms with Crippen molar-refractivity contribution in [3.05, 3.63) is 34.1 Å². The third-order valence-corrected chi connectivity index (χ3v) is 1.81. The Balaban J connectivity index is 4.97. The van der Waals surface area contributed by atoms with Gasteiger partial charge in [-0.1, -0.05) is 22.0 Å². The summed E-state index contributed by atoms with van der Waals surface area (Å²) in [7, 11) is 0. The molecular weight excluding hydrogens is 235 g/mol. The lowest BCUT2D eigenvalue weighted by Crippen LogP contribution is -1.79. The van der Waals surface area contributed by atoms with Gasteiger partial charge in [0.25, 0.3) is 0 Å². The molecule has 4 heteroatoms. The predicted molar refractivity (Wildman–Crippen MR) is 51.2 cm³/mol. The first-order valence-corrected chi connectivity index (χ1v) is 4.14. The summed E-state index contributed by atoms with van der Waals surface area (Å²) in [5.74, 6) is -0.830. The SMILES string of the molecule is C\C=C(Br)/C=C(C#N)\C(F)=C\C#N. The molecule has 0 fully saturated rings. The Morgan fingerprint density at radius 1 is 1.46 bits per heavy atom. The van der Waals surface area contributed by atoms with Gasteiger partial charge in [0.1, 0.15) is 6.07 Å². The predicted octanol–water partition coefficient (Wildman–Crippen LogP) is 3.11. The average Bonchev–Trinajstić information content (AvgIpc) is 2.14. The molecular formula is C9H6BrFN2. The Bertz CT molecular complexity index is 353. The van der Waals surface area contributed by atoms with E-state index in [9.17, 15) is 4.39 Å². The lowest BCUT2D eigenvalue weighted by Gasteiger charge is -1.91. The monoisotopic (exact) mass is 240 g/mol. The fraction of sp³-hybridized carbons (Fsp3) is 0.111. The van der Waals surface area contributed by atoms with Gasteiger partial charge >= 0.3 is 0 Å². The van der Waals surface area contributed by atoms with Crippen LogP contribution in [0.1, 0.15) is 6.92 Å². The molecule has 0 aromatic carbocycles. The maximum atomic E-state index is 12.9. The van der Waals surface area contributed by atoms with Gasteiger partial charge in [0.15, 0.2) is 5.83 Å². The van der Waals surface area contributed by atoms with Crippen LogP contribution >= 0.6 is 15.9 Å². The normalized spacial score (nSPS) is 13.5. The van der Waals surface area contributed by atoms with Crippen molar-refractivity contribution in [2.45, 2.75) is 6.92 Å². The summed E-state index contributed by atoms with van der Waals surface area (Å²) in [5.41, 5.74) is -0.175. The fourth-order valence-corrected chi connectivity index (χ4v) is 0.739. The number of rotatable bonds is 2. The van der Waals surface area contributed by atoms with Crippen molar-refractivity contribution in [2.24, 2.45) is 0 Å². The zero-order valence-corrected chi connectivity index (χ0v) is 8.47. The fourth-order valence-electron chi connectivity index (χ4n) is 0.510. The number of nitrogens with zero attached hydrogens (tertiary/aromatic N) is 2. The van der Waals surface area contributed by atoms with Crippen molar-refractivity contribution in [3.63, 3.8) is 0 Å². The first-order valence-electron chi connectivity index (χ1n) is 3.35. The van der Waals surface area contributed by atoms with E-state index in [0.717, 1.165) is 0 Å². The molecule has 0 amide bonds. The number of halogens is 2. The highest BCUT2D eigenvalue weighted by atomic mass is 79.9. The van der Waals surface area contributed by atoms with Crippen molar-refractivity contribution in [3.8, 4) is 12.1 Å². The van der Waals surface area contributed by atoms with Gasteiger partial charge in [-0.05, 0) is 13.0 Å². The standard InChI is InChI=1S/C9H6BrFN2/c1-2-8(10)5-7(6-13)9(11)3-4-12/h2-3,5H,1H3/b7-5-,8-2+,9-3-. The van der Waals surface area contributed by atoms with Crippen molar-refractivity contribution >= 4 is 15.9 Å². The van der Waals surface area contributed by atoms with Crippen LogP contribution in [0.15, 0.2) is 34.1 Å². The maximum Gasteiger partial charge on any atom is 0.151 e. The van der Waals surface area contributed by atoms with Gasteiger partial charge in [0, 0.05) is 4.48 Å². The Kier molecular flexibility index (Phi) is 5.50. The van der Waals surface area contributed by atoms with E-state index >= 15 is 0 Å². The van der Waals surface area contributed by atoms with Gasteiger partial charge in [-0.2, -0.15) is 10.5 Å². The van der Waals surface area contributed by atoms with E-state index in [0.29, 0.717) is 10.6 Å². The van der Waals surface area contributed by atoms with Crippen LogP contribution in [0.2, 0.25) is 0 Å². The van der Waals surface area contributed by atoms with E-state index in [1.807, 2.05) is 0 Å². The molecule has 13 heavy (non-hydrogen) atoms. The van der Waals surface area contributed by atoms with E-state index in [1.165, 1.54) is 12.1 Å². The van der Waals surface area contributed by atoms with Crippen molar-refractivity contribution in [2.75, 3.05) is 0 Å². The van der Waals surface area contributed by atoms with Gasteiger partial charge in [-0.3, -0.25) is 0 Å². The quantitative estimate of drug-likeness (QED) is 0.550. The summed E-state index contributed by atoms with van der Waals surface area (Å²) in [6.45, 7) is 1.74. The van der Waals surface area contributed by atoms with Gasteiger partial charge in [0.2, 0.25) is 0 Å². The van der Waals surface area contributed by atoms with E-state index in [-0.39, 0.29) is 5.57 Å². The van der Waals surface area contributed by atoms with Crippen LogP contribution in [-0.4, -0.2) is 0 Å². The Morgan fingerprint density at radius 2 is 2.08 bits per heavy atom. The number of hydrogen-bond acceptors (Lipinski definition) is 2. The molecule has 0 aliphatic heterocycles. The topological polar surface area (TPSA) is 47.6 Å². The van der Waals surface area contributed by atoms with E-state index in [4.69, 9.17) is 10.5 Å². The zero-order valence-electron chi connectivity index (χ0n) is 6.88. The summed E-state index contributed by atoms with van der Waals surface area (Å²) in [6.07, 6.45) is 3.66. The van der Waals surface area contributed by atoms with Crippen LogP contribution in [0.5, 0.6) is 0 Å². The molecule has 66 valence electrons. The summed E-state index contributed by atoms with van der Waals surface area (Å²) >= 11 is 3.09. The summed E-state index contributed by atoms with van der Waals surface area (Å²) in [5, 5.41) is 16.7. The molecule has 2 nitrogen and oxygen atoms in total. The van der Waals surface area contributed by atoms with Gasteiger partial charge in [-0.15, -0.1) is 0 Å². The summed E-state index contributed by atoms with van der Waals surface area (Å²) < 4.78 is 13.5. The van der Waals surface area contributed by atoms with E-state index < -0.39 is 5.83 Å². The lowest BCUT2D eigenvalue weighted by atomic mass is 10.2. The molecule has 0 aliphatic rings. The highest BCUT2D eigenvalue weighted by molar-refractivity contribution is 9.11. The van der Waals surface area contributed by atoms with Crippen molar-refractivity contribution in [1.29, 1.82) is 10.5 Å². The number of hydrogen-bond donors (Lipinski definition) is 0. The van der Waals surface area contributed by atoms with Gasteiger partial charge < -0.3 is 0 Å². The first-order chi connectivity index (χ1) is 6.15. The third-order valence-electron chi connectivity index (χ3n) is 1.13. The van der Waals surface area contributed by atoms with Crippen LogP contribution in [0.25, 0.3) is 0 Å². The first kappa shape index (κ1) is 11.6. The molecule has 0 bridgehead atoms. The molecule has 0 atom stereocenters. The molecule has 0 saturated carbocycles. The second-order valence-corrected chi connectivity index (χ2v) is 2.88. The highest BCUT2D eigenvalue weighted by Crippen LogP contribution is 2.16. The van der Waals surface area contributed by atoms with Crippen LogP contribution in [0, 0.1) is 22.7 Å². The van der Waals surface area contributed by atoms with Crippen molar-refractivity contribution < 1.29 is 4.39 Å². The lowest BCUT2D eigenvalue weighted by molar-refractivity contribution is 0.659. The summed E-state index contributed by atoms with van der Waals surface area (Å²) in [4.78, 5) is 0. The minimum atomic E-state index is -0.830. The summed E-state index contributed by atoms with van der Waals surface area (Å²) in [6, 6.07) is 3.16. The average molecular weight is 241 g/mol. The molecule has 0 aromatic rings. The van der Waals surface area contributed by atoms with E-state index in [1.54, 1.807) is 19.1 Å². The molecule has 0 saturated heterocycles. The Hall–Kier alpha value is -1.39. The maximum absolute atomic E-state index is 12.9. The van der Waals surface area contributed by atoms with Crippen LogP contribution in [-0.2, 0) is 0 Å². The molecule has 0 rings (SSSR count). The van der Waals surface area contributed by atoms with Crippen LogP contribution in [0.3, 0.4) is 0 Å². The van der Waals surface area contributed by atoms with E-state index in [2.05, 4.69) is 15.9 Å². The minimum absolute atomic E-state index is 0.175. The second-order valence-electron chi connectivity index (χ2n) is 1.96.